The molecule has 196 valence electrons. The number of carboxylic acid groups (broad SMARTS) is 1. The molecule has 1 atom stereocenters. The summed E-state index contributed by atoms with van der Waals surface area (Å²) in [4.78, 5) is 48.6. The first-order valence-electron chi connectivity index (χ1n) is 12.2. The largest absolute Gasteiger partial charge is 0.481 e. The van der Waals surface area contributed by atoms with Crippen molar-refractivity contribution in [3.05, 3.63) is 95.6 Å². The molecule has 9 heteroatoms. The zero-order valence-electron chi connectivity index (χ0n) is 20.6. The predicted molar refractivity (Wildman–Crippen MR) is 138 cm³/mol. The Morgan fingerprint density at radius 3 is 2.05 bits per heavy atom. The number of hydrogen-bond acceptors (Lipinski definition) is 6. The highest BCUT2D eigenvalue weighted by Gasteiger charge is 2.30. The second-order valence-corrected chi connectivity index (χ2v) is 8.81. The first kappa shape index (κ1) is 26.4. The fourth-order valence-corrected chi connectivity index (χ4v) is 4.37. The van der Waals surface area contributed by atoms with Gasteiger partial charge in [-0.05, 0) is 27.8 Å². The van der Waals surface area contributed by atoms with E-state index in [9.17, 15) is 19.2 Å². The standard InChI is InChI=1S/C29H28N2O7/c32-26(33)14-15-30-28(35)25(16-27(34)37-17-19-8-2-1-3-9-19)31-29(36)38-18-24-22-12-6-4-10-20(22)21-11-5-7-13-23(21)24/h1-13,24-25H,14-18H2,(H,30,35)(H,31,36)(H,32,33)/t25-/m0/s1. The molecule has 1 aliphatic rings. The first-order chi connectivity index (χ1) is 18.4. The smallest absolute Gasteiger partial charge is 0.407 e. The molecule has 0 spiro atoms. The molecule has 3 aromatic carbocycles. The molecule has 0 unspecified atom stereocenters. The zero-order valence-corrected chi connectivity index (χ0v) is 20.6. The van der Waals surface area contributed by atoms with Gasteiger partial charge in [0.05, 0.1) is 12.8 Å². The molecule has 0 aliphatic heterocycles. The molecule has 0 heterocycles. The summed E-state index contributed by atoms with van der Waals surface area (Å²) in [5.74, 6) is -2.68. The van der Waals surface area contributed by atoms with Gasteiger partial charge in [-0.15, -0.1) is 0 Å². The van der Waals surface area contributed by atoms with E-state index in [1.165, 1.54) is 0 Å². The number of amides is 2. The van der Waals surface area contributed by atoms with Crippen LogP contribution < -0.4 is 10.6 Å². The number of aliphatic carboxylic acids is 1. The Labute approximate surface area is 219 Å². The minimum Gasteiger partial charge on any atom is -0.481 e. The van der Waals surface area contributed by atoms with Gasteiger partial charge in [-0.3, -0.25) is 14.4 Å². The number of fused-ring (bicyclic) bond motifs is 3. The van der Waals surface area contributed by atoms with Crippen molar-refractivity contribution in [2.24, 2.45) is 0 Å². The van der Waals surface area contributed by atoms with Crippen LogP contribution in [0.15, 0.2) is 78.9 Å². The van der Waals surface area contributed by atoms with Gasteiger partial charge in [0.1, 0.15) is 19.3 Å². The van der Waals surface area contributed by atoms with E-state index in [2.05, 4.69) is 10.6 Å². The fourth-order valence-electron chi connectivity index (χ4n) is 4.37. The highest BCUT2D eigenvalue weighted by Crippen LogP contribution is 2.44. The van der Waals surface area contributed by atoms with Crippen LogP contribution in [0.25, 0.3) is 11.1 Å². The average Bonchev–Trinajstić information content (AvgIpc) is 3.24. The summed E-state index contributed by atoms with van der Waals surface area (Å²) in [5, 5.41) is 13.7. The summed E-state index contributed by atoms with van der Waals surface area (Å²) < 4.78 is 10.7. The predicted octanol–water partition coefficient (Wildman–Crippen LogP) is 3.62. The minimum absolute atomic E-state index is 0.0119. The first-order valence-corrected chi connectivity index (χ1v) is 12.2. The van der Waals surface area contributed by atoms with E-state index >= 15 is 0 Å². The Bertz CT molecular complexity index is 1260. The molecule has 2 amide bonds. The number of hydrogen-bond donors (Lipinski definition) is 3. The van der Waals surface area contributed by atoms with Gasteiger partial charge in [-0.2, -0.15) is 0 Å². The lowest BCUT2D eigenvalue weighted by atomic mass is 9.98. The molecular formula is C29H28N2O7. The van der Waals surface area contributed by atoms with Crippen molar-refractivity contribution in [1.29, 1.82) is 0 Å². The normalized spacial score (nSPS) is 12.5. The van der Waals surface area contributed by atoms with Crippen molar-refractivity contribution >= 4 is 23.9 Å². The molecule has 9 nitrogen and oxygen atoms in total. The number of carbonyl (C=O) groups is 4. The van der Waals surface area contributed by atoms with Crippen LogP contribution in [0.1, 0.15) is 35.4 Å². The van der Waals surface area contributed by atoms with Crippen molar-refractivity contribution in [2.45, 2.75) is 31.4 Å². The van der Waals surface area contributed by atoms with E-state index in [1.54, 1.807) is 24.3 Å². The molecule has 0 bridgehead atoms. The number of benzene rings is 3. The molecule has 0 saturated carbocycles. The Kier molecular flexibility index (Phi) is 8.71. The molecule has 3 N–H and O–H groups in total. The van der Waals surface area contributed by atoms with Gasteiger partial charge in [0.25, 0.3) is 0 Å². The molecule has 4 rings (SSSR count). The summed E-state index contributed by atoms with van der Waals surface area (Å²) in [6, 6.07) is 23.5. The van der Waals surface area contributed by atoms with Crippen LogP contribution >= 0.6 is 0 Å². The number of nitrogens with one attached hydrogen (secondary N) is 2. The molecule has 0 aromatic heterocycles. The Hall–Kier alpha value is -4.66. The van der Waals surface area contributed by atoms with E-state index < -0.39 is 36.4 Å². The highest BCUT2D eigenvalue weighted by atomic mass is 16.5. The number of esters is 1. The summed E-state index contributed by atoms with van der Waals surface area (Å²) in [5.41, 5.74) is 5.00. The third kappa shape index (κ3) is 6.76. The molecule has 0 saturated heterocycles. The van der Waals surface area contributed by atoms with Crippen molar-refractivity contribution in [3.63, 3.8) is 0 Å². The third-order valence-electron chi connectivity index (χ3n) is 6.20. The topological polar surface area (TPSA) is 131 Å². The Morgan fingerprint density at radius 1 is 0.816 bits per heavy atom. The van der Waals surface area contributed by atoms with E-state index in [0.717, 1.165) is 27.8 Å². The van der Waals surface area contributed by atoms with Gasteiger partial charge in [-0.25, -0.2) is 4.79 Å². The summed E-state index contributed by atoms with van der Waals surface area (Å²) in [6.07, 6.45) is -1.63. The van der Waals surface area contributed by atoms with E-state index in [0.29, 0.717) is 0 Å². The van der Waals surface area contributed by atoms with Crippen LogP contribution in [0.3, 0.4) is 0 Å². The zero-order chi connectivity index (χ0) is 26.9. The number of carbonyl (C=O) groups excluding carboxylic acids is 3. The van der Waals surface area contributed by atoms with Crippen LogP contribution in [0, 0.1) is 0 Å². The lowest BCUT2D eigenvalue weighted by Gasteiger charge is -2.19. The van der Waals surface area contributed by atoms with Crippen LogP contribution in [0.4, 0.5) is 4.79 Å². The maximum atomic E-state index is 12.7. The molecule has 0 radical (unpaired) electrons. The molecular weight excluding hydrogens is 488 g/mol. The second-order valence-electron chi connectivity index (χ2n) is 8.81. The number of ether oxygens (including phenoxy) is 2. The number of rotatable bonds is 11. The highest BCUT2D eigenvalue weighted by molar-refractivity contribution is 5.90. The lowest BCUT2D eigenvalue weighted by molar-refractivity contribution is -0.147. The van der Waals surface area contributed by atoms with Crippen molar-refractivity contribution in [2.75, 3.05) is 13.2 Å². The van der Waals surface area contributed by atoms with E-state index in [4.69, 9.17) is 14.6 Å². The second kappa shape index (κ2) is 12.5. The number of carboxylic acids is 1. The third-order valence-corrected chi connectivity index (χ3v) is 6.20. The van der Waals surface area contributed by atoms with Gasteiger partial charge in [0.2, 0.25) is 5.91 Å². The van der Waals surface area contributed by atoms with E-state index in [1.807, 2.05) is 54.6 Å². The van der Waals surface area contributed by atoms with Crippen molar-refractivity contribution in [3.8, 4) is 11.1 Å². The lowest BCUT2D eigenvalue weighted by Crippen LogP contribution is -2.48. The van der Waals surface area contributed by atoms with Crippen LogP contribution in [0.5, 0.6) is 0 Å². The van der Waals surface area contributed by atoms with Crippen LogP contribution in [0.2, 0.25) is 0 Å². The van der Waals surface area contributed by atoms with Crippen LogP contribution in [-0.4, -0.2) is 48.2 Å². The summed E-state index contributed by atoms with van der Waals surface area (Å²) in [7, 11) is 0. The average molecular weight is 517 g/mol. The maximum Gasteiger partial charge on any atom is 0.407 e. The maximum absolute atomic E-state index is 12.7. The molecule has 38 heavy (non-hydrogen) atoms. The Balaban J connectivity index is 1.38. The quantitative estimate of drug-likeness (QED) is 0.332. The van der Waals surface area contributed by atoms with Gasteiger partial charge in [0, 0.05) is 12.5 Å². The summed E-state index contributed by atoms with van der Waals surface area (Å²) >= 11 is 0. The fraction of sp³-hybridized carbons (Fsp3) is 0.241. The van der Waals surface area contributed by atoms with Crippen molar-refractivity contribution in [1.82, 2.24) is 10.6 Å². The van der Waals surface area contributed by atoms with Crippen LogP contribution in [-0.2, 0) is 30.5 Å². The van der Waals surface area contributed by atoms with Gasteiger partial charge < -0.3 is 25.2 Å². The summed E-state index contributed by atoms with van der Waals surface area (Å²) in [6.45, 7) is -0.111. The Morgan fingerprint density at radius 2 is 1.42 bits per heavy atom. The van der Waals surface area contributed by atoms with Gasteiger partial charge in [-0.1, -0.05) is 78.9 Å². The van der Waals surface area contributed by atoms with Crippen molar-refractivity contribution < 1.29 is 33.8 Å². The van der Waals surface area contributed by atoms with Gasteiger partial charge >= 0.3 is 18.0 Å². The minimum atomic E-state index is -1.30. The monoisotopic (exact) mass is 516 g/mol. The van der Waals surface area contributed by atoms with Gasteiger partial charge in [0.15, 0.2) is 0 Å². The molecule has 3 aromatic rings. The number of alkyl carbamates (subject to hydrolysis) is 1. The molecule has 0 fully saturated rings. The molecule has 1 aliphatic carbocycles. The SMILES string of the molecule is O=C(O)CCNC(=O)[C@H](CC(=O)OCc1ccccc1)NC(=O)OCC1c2ccccc2-c2ccccc21. The van der Waals surface area contributed by atoms with E-state index in [-0.39, 0.29) is 32.1 Å².